The number of nitrogen functional groups attached to an aromatic ring is 1. The van der Waals surface area contributed by atoms with Crippen LogP contribution in [0, 0.1) is 0 Å². The molecule has 4 nitrogen and oxygen atoms in total. The summed E-state index contributed by atoms with van der Waals surface area (Å²) >= 11 is 1.58. The number of anilines is 1. The summed E-state index contributed by atoms with van der Waals surface area (Å²) < 4.78 is 5.28. The third-order valence-electron chi connectivity index (χ3n) is 2.49. The third kappa shape index (κ3) is 2.34. The van der Waals surface area contributed by atoms with E-state index < -0.39 is 0 Å². The van der Waals surface area contributed by atoms with Gasteiger partial charge in [0.05, 0.1) is 10.6 Å². The van der Waals surface area contributed by atoms with Gasteiger partial charge >= 0.3 is 0 Å². The molecule has 0 saturated carbocycles. The summed E-state index contributed by atoms with van der Waals surface area (Å²) in [4.78, 5) is 5.64. The number of thiophene rings is 1. The Labute approximate surface area is 105 Å². The Bertz CT molecular complexity index is 522. The molecule has 0 aromatic carbocycles. The van der Waals surface area contributed by atoms with Crippen LogP contribution in [-0.4, -0.2) is 10.1 Å². The first-order valence-corrected chi connectivity index (χ1v) is 6.46. The van der Waals surface area contributed by atoms with Crippen LogP contribution < -0.4 is 5.73 Å². The monoisotopic (exact) mass is 251 g/mol. The van der Waals surface area contributed by atoms with Gasteiger partial charge in [0.15, 0.2) is 5.82 Å². The largest absolute Gasteiger partial charge is 0.390 e. The van der Waals surface area contributed by atoms with E-state index in [9.17, 15) is 0 Å². The van der Waals surface area contributed by atoms with Crippen molar-refractivity contribution in [2.45, 2.75) is 39.5 Å². The molecule has 2 aromatic rings. The van der Waals surface area contributed by atoms with Crippen molar-refractivity contribution in [2.75, 3.05) is 5.73 Å². The normalized spacial score (nSPS) is 12.0. The summed E-state index contributed by atoms with van der Waals surface area (Å²) in [7, 11) is 0. The number of hydrogen-bond donors (Lipinski definition) is 1. The second kappa shape index (κ2) is 4.14. The predicted molar refractivity (Wildman–Crippen MR) is 70.1 cm³/mol. The highest BCUT2D eigenvalue weighted by Gasteiger charge is 2.22. The standard InChI is InChI=1S/C12H17N3OS/c1-5-7-6-8(9(13)17-7)10-14-11(15-16-10)12(2,3)4/h6H,5,13H2,1-4H3. The lowest BCUT2D eigenvalue weighted by Gasteiger charge is -2.10. The Morgan fingerprint density at radius 3 is 2.59 bits per heavy atom. The van der Waals surface area contributed by atoms with Gasteiger partial charge in [0.2, 0.25) is 0 Å². The molecule has 17 heavy (non-hydrogen) atoms. The summed E-state index contributed by atoms with van der Waals surface area (Å²) in [6, 6.07) is 2.03. The highest BCUT2D eigenvalue weighted by atomic mass is 32.1. The number of aromatic nitrogens is 2. The molecule has 0 aliphatic rings. The van der Waals surface area contributed by atoms with Gasteiger partial charge in [-0.2, -0.15) is 4.98 Å². The van der Waals surface area contributed by atoms with Crippen LogP contribution in [0.1, 0.15) is 38.4 Å². The first kappa shape index (κ1) is 12.1. The van der Waals surface area contributed by atoms with Gasteiger partial charge in [0.1, 0.15) is 0 Å². The maximum Gasteiger partial charge on any atom is 0.260 e. The van der Waals surface area contributed by atoms with Crippen molar-refractivity contribution in [2.24, 2.45) is 0 Å². The fourth-order valence-electron chi connectivity index (χ4n) is 1.44. The van der Waals surface area contributed by atoms with E-state index in [1.54, 1.807) is 11.3 Å². The summed E-state index contributed by atoms with van der Waals surface area (Å²) in [5.74, 6) is 1.22. The molecule has 0 unspecified atom stereocenters. The van der Waals surface area contributed by atoms with Crippen LogP contribution in [0.25, 0.3) is 11.5 Å². The average Bonchev–Trinajstić information content (AvgIpc) is 2.82. The molecular formula is C12H17N3OS. The Balaban J connectivity index is 2.40. The third-order valence-corrected chi connectivity index (χ3v) is 3.60. The van der Waals surface area contributed by atoms with E-state index in [4.69, 9.17) is 10.3 Å². The Morgan fingerprint density at radius 2 is 2.12 bits per heavy atom. The number of aryl methyl sites for hydroxylation is 1. The van der Waals surface area contributed by atoms with Gasteiger partial charge in [-0.05, 0) is 12.5 Å². The predicted octanol–water partition coefficient (Wildman–Crippen LogP) is 3.24. The summed E-state index contributed by atoms with van der Waals surface area (Å²) in [5, 5.41) is 4.74. The fourth-order valence-corrected chi connectivity index (χ4v) is 2.30. The van der Waals surface area contributed by atoms with E-state index in [2.05, 4.69) is 37.8 Å². The lowest BCUT2D eigenvalue weighted by Crippen LogP contribution is -2.13. The van der Waals surface area contributed by atoms with Crippen molar-refractivity contribution in [1.29, 1.82) is 0 Å². The molecule has 0 radical (unpaired) electrons. The van der Waals surface area contributed by atoms with Gasteiger partial charge in [-0.15, -0.1) is 11.3 Å². The van der Waals surface area contributed by atoms with Crippen molar-refractivity contribution in [1.82, 2.24) is 10.1 Å². The van der Waals surface area contributed by atoms with Gasteiger partial charge in [0, 0.05) is 10.3 Å². The molecule has 0 saturated heterocycles. The Morgan fingerprint density at radius 1 is 1.41 bits per heavy atom. The lowest BCUT2D eigenvalue weighted by atomic mass is 9.96. The van der Waals surface area contributed by atoms with E-state index >= 15 is 0 Å². The fraction of sp³-hybridized carbons (Fsp3) is 0.500. The second-order valence-corrected chi connectivity index (χ2v) is 6.19. The molecule has 92 valence electrons. The molecule has 5 heteroatoms. The van der Waals surface area contributed by atoms with Gasteiger partial charge in [0.25, 0.3) is 5.89 Å². The maximum atomic E-state index is 5.96. The van der Waals surface area contributed by atoms with Crippen LogP contribution >= 0.6 is 11.3 Å². The van der Waals surface area contributed by atoms with E-state index in [-0.39, 0.29) is 5.41 Å². The quantitative estimate of drug-likeness (QED) is 0.889. The molecule has 2 N–H and O–H groups in total. The minimum absolute atomic E-state index is 0.111. The molecule has 0 fully saturated rings. The second-order valence-electron chi connectivity index (χ2n) is 5.02. The minimum atomic E-state index is -0.111. The summed E-state index contributed by atoms with van der Waals surface area (Å²) in [5.41, 5.74) is 6.70. The molecule has 2 aromatic heterocycles. The first-order valence-electron chi connectivity index (χ1n) is 5.64. The maximum absolute atomic E-state index is 5.96. The van der Waals surface area contributed by atoms with E-state index in [0.29, 0.717) is 11.7 Å². The number of hydrogen-bond acceptors (Lipinski definition) is 5. The molecule has 2 heterocycles. The summed E-state index contributed by atoms with van der Waals surface area (Å²) in [6.07, 6.45) is 0.967. The highest BCUT2D eigenvalue weighted by molar-refractivity contribution is 7.16. The van der Waals surface area contributed by atoms with Gasteiger partial charge < -0.3 is 10.3 Å². The van der Waals surface area contributed by atoms with Crippen LogP contribution in [0.2, 0.25) is 0 Å². The van der Waals surface area contributed by atoms with Crippen LogP contribution in [0.5, 0.6) is 0 Å². The van der Waals surface area contributed by atoms with Crippen molar-refractivity contribution in [3.63, 3.8) is 0 Å². The number of nitrogens with zero attached hydrogens (tertiary/aromatic N) is 2. The van der Waals surface area contributed by atoms with Crippen LogP contribution in [0.3, 0.4) is 0 Å². The first-order chi connectivity index (χ1) is 7.91. The van der Waals surface area contributed by atoms with Crippen LogP contribution in [-0.2, 0) is 11.8 Å². The molecule has 0 aliphatic heterocycles. The molecular weight excluding hydrogens is 234 g/mol. The van der Waals surface area contributed by atoms with Gasteiger partial charge in [-0.1, -0.05) is 32.9 Å². The molecule has 0 bridgehead atoms. The zero-order valence-electron chi connectivity index (χ0n) is 10.6. The average molecular weight is 251 g/mol. The summed E-state index contributed by atoms with van der Waals surface area (Å²) in [6.45, 7) is 8.26. The van der Waals surface area contributed by atoms with Gasteiger partial charge in [-0.3, -0.25) is 0 Å². The Hall–Kier alpha value is -1.36. The zero-order chi connectivity index (χ0) is 12.6. The highest BCUT2D eigenvalue weighted by Crippen LogP contribution is 2.34. The van der Waals surface area contributed by atoms with E-state index in [1.165, 1.54) is 4.88 Å². The lowest BCUT2D eigenvalue weighted by molar-refractivity contribution is 0.402. The van der Waals surface area contributed by atoms with Crippen LogP contribution in [0.15, 0.2) is 10.6 Å². The van der Waals surface area contributed by atoms with Gasteiger partial charge in [-0.25, -0.2) is 0 Å². The van der Waals surface area contributed by atoms with E-state index in [0.717, 1.165) is 17.0 Å². The van der Waals surface area contributed by atoms with Crippen molar-refractivity contribution < 1.29 is 4.52 Å². The van der Waals surface area contributed by atoms with E-state index in [1.807, 2.05) is 6.07 Å². The molecule has 0 spiro atoms. The zero-order valence-corrected chi connectivity index (χ0v) is 11.4. The van der Waals surface area contributed by atoms with Crippen molar-refractivity contribution in [3.05, 3.63) is 16.8 Å². The molecule has 0 amide bonds. The smallest absolute Gasteiger partial charge is 0.260 e. The molecule has 0 atom stereocenters. The van der Waals surface area contributed by atoms with Crippen molar-refractivity contribution in [3.8, 4) is 11.5 Å². The molecule has 0 aliphatic carbocycles. The molecule has 2 rings (SSSR count). The number of rotatable bonds is 2. The SMILES string of the molecule is CCc1cc(-c2nc(C(C)(C)C)no2)c(N)s1. The number of nitrogens with two attached hydrogens (primary N) is 1. The topological polar surface area (TPSA) is 64.9 Å². The Kier molecular flexibility index (Phi) is 2.95. The minimum Gasteiger partial charge on any atom is -0.390 e. The van der Waals surface area contributed by atoms with Crippen LogP contribution in [0.4, 0.5) is 5.00 Å². The van der Waals surface area contributed by atoms with Crippen molar-refractivity contribution >= 4 is 16.3 Å².